The Morgan fingerprint density at radius 1 is 1.14 bits per heavy atom. The summed E-state index contributed by atoms with van der Waals surface area (Å²) in [4.78, 5) is 24.2. The molecule has 1 amide bonds. The summed E-state index contributed by atoms with van der Waals surface area (Å²) in [6.45, 7) is 3.26. The summed E-state index contributed by atoms with van der Waals surface area (Å²) in [5, 5.41) is 12.5. The summed E-state index contributed by atoms with van der Waals surface area (Å²) in [5.41, 5.74) is 1.97. The van der Waals surface area contributed by atoms with Gasteiger partial charge in [0.05, 0.1) is 17.7 Å². The number of nitrogens with zero attached hydrogens (tertiary/aromatic N) is 1. The van der Waals surface area contributed by atoms with Gasteiger partial charge in [0, 0.05) is 16.1 Å². The monoisotopic (exact) mass is 416 g/mol. The fourth-order valence-electron chi connectivity index (χ4n) is 2.36. The first-order valence-corrected chi connectivity index (χ1v) is 9.20. The van der Waals surface area contributed by atoms with E-state index in [0.29, 0.717) is 21.2 Å². The summed E-state index contributed by atoms with van der Waals surface area (Å²) in [6, 6.07) is 13.3. The highest BCUT2D eigenvalue weighted by atomic mass is 35.5. The zero-order valence-electron chi connectivity index (χ0n) is 15.3. The van der Waals surface area contributed by atoms with Crippen LogP contribution in [0.15, 0.2) is 48.5 Å². The van der Waals surface area contributed by atoms with Crippen LogP contribution in [0.25, 0.3) is 6.08 Å². The summed E-state index contributed by atoms with van der Waals surface area (Å²) in [6.07, 6.45) is 1.79. The molecule has 0 heterocycles. The van der Waals surface area contributed by atoms with Crippen molar-refractivity contribution in [1.82, 2.24) is 5.32 Å². The van der Waals surface area contributed by atoms with Gasteiger partial charge in [0.2, 0.25) is 0 Å². The van der Waals surface area contributed by atoms with Gasteiger partial charge >= 0.3 is 5.97 Å². The summed E-state index contributed by atoms with van der Waals surface area (Å²) < 4.78 is 5.12. The molecule has 0 saturated heterocycles. The number of hydrogen-bond donors (Lipinski definition) is 1. The molecule has 0 aliphatic carbocycles. The van der Waals surface area contributed by atoms with E-state index in [1.807, 2.05) is 6.07 Å². The number of nitrogens with one attached hydrogen (secondary N) is 1. The van der Waals surface area contributed by atoms with Gasteiger partial charge < -0.3 is 10.1 Å². The van der Waals surface area contributed by atoms with Crippen molar-refractivity contribution in [3.63, 3.8) is 0 Å². The minimum absolute atomic E-state index is 0.382. The molecule has 2 atom stereocenters. The second kappa shape index (κ2) is 9.93. The third-order valence-corrected chi connectivity index (χ3v) is 4.46. The molecule has 0 aliphatic rings. The number of carbonyl (C=O) groups is 2. The topological polar surface area (TPSA) is 79.2 Å². The predicted octanol–water partition coefficient (Wildman–Crippen LogP) is 4.69. The van der Waals surface area contributed by atoms with Gasteiger partial charge in [-0.15, -0.1) is 0 Å². The van der Waals surface area contributed by atoms with Gasteiger partial charge in [-0.05, 0) is 55.3 Å². The smallest absolute Gasteiger partial charge is 0.331 e. The second-order valence-electron chi connectivity index (χ2n) is 6.04. The lowest BCUT2D eigenvalue weighted by molar-refractivity contribution is -0.150. The van der Waals surface area contributed by atoms with E-state index in [9.17, 15) is 9.59 Å². The number of hydrogen-bond acceptors (Lipinski definition) is 4. The molecule has 0 saturated carbocycles. The molecule has 0 unspecified atom stereocenters. The molecule has 0 bridgehead atoms. The molecule has 0 aromatic heterocycles. The highest BCUT2D eigenvalue weighted by Crippen LogP contribution is 2.26. The molecule has 2 aromatic rings. The van der Waals surface area contributed by atoms with Crippen LogP contribution in [0.1, 0.15) is 36.6 Å². The Labute approximate surface area is 173 Å². The number of ether oxygens (including phenoxy) is 1. The van der Waals surface area contributed by atoms with Crippen molar-refractivity contribution in [2.75, 3.05) is 0 Å². The standard InChI is InChI=1S/C21H18Cl2N2O3/c1-13(18-9-8-17(22)11-19(18)23)25-21(27)14(2)28-20(26)10-7-15-3-5-16(12-24)6-4-15/h3-11,13-14H,1-2H3,(H,25,27)/b10-7+/t13-,14+/m0/s1. The zero-order valence-corrected chi connectivity index (χ0v) is 16.8. The van der Waals surface area contributed by atoms with Crippen LogP contribution in [0.4, 0.5) is 0 Å². The number of carbonyl (C=O) groups excluding carboxylic acids is 2. The molecule has 0 aliphatic heterocycles. The van der Waals surface area contributed by atoms with Gasteiger partial charge in [0.15, 0.2) is 6.10 Å². The number of rotatable bonds is 6. The van der Waals surface area contributed by atoms with Crippen LogP contribution in [0, 0.1) is 11.3 Å². The van der Waals surface area contributed by atoms with Crippen molar-refractivity contribution in [2.24, 2.45) is 0 Å². The first-order chi connectivity index (χ1) is 13.3. The van der Waals surface area contributed by atoms with Crippen LogP contribution < -0.4 is 5.32 Å². The lowest BCUT2D eigenvalue weighted by atomic mass is 10.1. The van der Waals surface area contributed by atoms with E-state index in [2.05, 4.69) is 5.32 Å². The molecule has 2 aromatic carbocycles. The Morgan fingerprint density at radius 3 is 2.43 bits per heavy atom. The van der Waals surface area contributed by atoms with Gasteiger partial charge in [0.1, 0.15) is 0 Å². The normalized spacial score (nSPS) is 12.8. The molecule has 5 nitrogen and oxygen atoms in total. The third-order valence-electron chi connectivity index (χ3n) is 3.90. The Kier molecular flexibility index (Phi) is 7.62. The van der Waals surface area contributed by atoms with Crippen LogP contribution in [0.5, 0.6) is 0 Å². The maximum absolute atomic E-state index is 12.3. The van der Waals surface area contributed by atoms with Crippen molar-refractivity contribution in [1.29, 1.82) is 5.26 Å². The van der Waals surface area contributed by atoms with Gasteiger partial charge in [-0.3, -0.25) is 4.79 Å². The predicted molar refractivity (Wildman–Crippen MR) is 109 cm³/mol. The van der Waals surface area contributed by atoms with E-state index in [1.165, 1.54) is 13.0 Å². The molecule has 7 heteroatoms. The largest absolute Gasteiger partial charge is 0.449 e. The lowest BCUT2D eigenvalue weighted by Crippen LogP contribution is -2.37. The van der Waals surface area contributed by atoms with Gasteiger partial charge in [0.25, 0.3) is 5.91 Å². The van der Waals surface area contributed by atoms with Gasteiger partial charge in [-0.25, -0.2) is 4.79 Å². The highest BCUT2D eigenvalue weighted by Gasteiger charge is 2.20. The summed E-state index contributed by atoms with van der Waals surface area (Å²) in [7, 11) is 0. The lowest BCUT2D eigenvalue weighted by Gasteiger charge is -2.19. The molecule has 1 N–H and O–H groups in total. The molecule has 0 spiro atoms. The molecule has 144 valence electrons. The van der Waals surface area contributed by atoms with Crippen molar-refractivity contribution >= 4 is 41.2 Å². The molecule has 2 rings (SSSR count). The third kappa shape index (κ3) is 6.12. The van der Waals surface area contributed by atoms with E-state index < -0.39 is 18.0 Å². The van der Waals surface area contributed by atoms with Crippen molar-refractivity contribution < 1.29 is 14.3 Å². The van der Waals surface area contributed by atoms with Crippen LogP contribution in [-0.4, -0.2) is 18.0 Å². The molecule has 0 radical (unpaired) electrons. The molecule has 28 heavy (non-hydrogen) atoms. The Balaban J connectivity index is 1.90. The SMILES string of the molecule is C[C@H](NC(=O)[C@@H](C)OC(=O)/C=C/c1ccc(C#N)cc1)c1ccc(Cl)cc1Cl. The van der Waals surface area contributed by atoms with Crippen LogP contribution in [0.2, 0.25) is 10.0 Å². The Morgan fingerprint density at radius 2 is 1.82 bits per heavy atom. The first kappa shape index (κ1) is 21.5. The number of amides is 1. The number of esters is 1. The Hall–Kier alpha value is -2.81. The van der Waals surface area contributed by atoms with Crippen LogP contribution >= 0.6 is 23.2 Å². The van der Waals surface area contributed by atoms with Crippen molar-refractivity contribution in [3.05, 3.63) is 75.3 Å². The van der Waals surface area contributed by atoms with Crippen molar-refractivity contribution in [3.8, 4) is 6.07 Å². The van der Waals surface area contributed by atoms with E-state index in [-0.39, 0.29) is 6.04 Å². The first-order valence-electron chi connectivity index (χ1n) is 8.44. The molecular formula is C21H18Cl2N2O3. The fraction of sp³-hybridized carbons (Fsp3) is 0.190. The zero-order chi connectivity index (χ0) is 20.7. The molecular weight excluding hydrogens is 399 g/mol. The quantitative estimate of drug-likeness (QED) is 0.547. The maximum atomic E-state index is 12.3. The van der Waals surface area contributed by atoms with E-state index in [1.54, 1.807) is 55.5 Å². The van der Waals surface area contributed by atoms with Crippen LogP contribution in [-0.2, 0) is 14.3 Å². The minimum Gasteiger partial charge on any atom is -0.449 e. The number of halogens is 2. The van der Waals surface area contributed by atoms with Gasteiger partial charge in [-0.1, -0.05) is 41.4 Å². The Bertz CT molecular complexity index is 934. The second-order valence-corrected chi connectivity index (χ2v) is 6.89. The van der Waals surface area contributed by atoms with E-state index in [4.69, 9.17) is 33.2 Å². The minimum atomic E-state index is -0.980. The highest BCUT2D eigenvalue weighted by molar-refractivity contribution is 6.35. The summed E-state index contributed by atoms with van der Waals surface area (Å²) >= 11 is 12.0. The fourth-order valence-corrected chi connectivity index (χ4v) is 2.93. The average molecular weight is 417 g/mol. The van der Waals surface area contributed by atoms with E-state index >= 15 is 0 Å². The van der Waals surface area contributed by atoms with E-state index in [0.717, 1.165) is 5.56 Å². The maximum Gasteiger partial charge on any atom is 0.331 e. The summed E-state index contributed by atoms with van der Waals surface area (Å²) in [5.74, 6) is -1.09. The van der Waals surface area contributed by atoms with Crippen LogP contribution in [0.3, 0.4) is 0 Å². The molecule has 0 fully saturated rings. The number of nitriles is 1. The van der Waals surface area contributed by atoms with Gasteiger partial charge in [-0.2, -0.15) is 5.26 Å². The average Bonchev–Trinajstić information content (AvgIpc) is 2.66. The van der Waals surface area contributed by atoms with Crippen molar-refractivity contribution in [2.45, 2.75) is 26.0 Å². The number of benzene rings is 2.